The van der Waals surface area contributed by atoms with Crippen molar-refractivity contribution in [3.05, 3.63) is 59.4 Å². The lowest BCUT2D eigenvalue weighted by molar-refractivity contribution is -0.119. The molecule has 0 saturated heterocycles. The average Bonchev–Trinajstić information content (AvgIpc) is 3.38. The maximum Gasteiger partial charge on any atom is 0.255 e. The number of carbonyl (C=O) groups excluding carboxylic acids is 2. The fourth-order valence-corrected chi connectivity index (χ4v) is 2.79. The van der Waals surface area contributed by atoms with Crippen LogP contribution in [0, 0.1) is 5.82 Å². The fourth-order valence-electron chi connectivity index (χ4n) is 2.79. The molecule has 2 amide bonds. The minimum atomic E-state index is -0.606. The van der Waals surface area contributed by atoms with Crippen molar-refractivity contribution in [3.63, 3.8) is 0 Å². The predicted molar refractivity (Wildman–Crippen MR) is 92.7 cm³/mol. The van der Waals surface area contributed by atoms with Crippen LogP contribution in [0.25, 0.3) is 0 Å². The minimum absolute atomic E-state index is 0.0268. The standard InChI is InChI=1S/C19H19FN2O4/c1-25-17-8-12(5-6-16(17)26-10-18(21)23)19(24)22-15-9-14(15)11-3-2-4-13(20)7-11/h2-8,14-15H,9-10H2,1H3,(H2,21,23)(H,22,24)/t14-,15+/m0/s1. The summed E-state index contributed by atoms with van der Waals surface area (Å²) in [4.78, 5) is 23.2. The molecule has 0 heterocycles. The molecule has 136 valence electrons. The van der Waals surface area contributed by atoms with Gasteiger partial charge in [0.2, 0.25) is 0 Å². The number of rotatable bonds is 7. The summed E-state index contributed by atoms with van der Waals surface area (Å²) < 4.78 is 23.7. The molecule has 6 nitrogen and oxygen atoms in total. The summed E-state index contributed by atoms with van der Waals surface area (Å²) in [5, 5.41) is 2.93. The Morgan fingerprint density at radius 3 is 2.73 bits per heavy atom. The maximum atomic E-state index is 13.3. The van der Waals surface area contributed by atoms with Crippen molar-refractivity contribution in [1.29, 1.82) is 0 Å². The maximum absolute atomic E-state index is 13.3. The van der Waals surface area contributed by atoms with Gasteiger partial charge in [0.05, 0.1) is 7.11 Å². The number of amides is 2. The molecule has 2 aromatic carbocycles. The van der Waals surface area contributed by atoms with Crippen LogP contribution >= 0.6 is 0 Å². The Morgan fingerprint density at radius 2 is 2.04 bits per heavy atom. The molecule has 0 spiro atoms. The lowest BCUT2D eigenvalue weighted by Crippen LogP contribution is -2.26. The number of hydrogen-bond acceptors (Lipinski definition) is 4. The highest BCUT2D eigenvalue weighted by Gasteiger charge is 2.39. The first-order valence-electron chi connectivity index (χ1n) is 8.13. The Hall–Kier alpha value is -3.09. The lowest BCUT2D eigenvalue weighted by Gasteiger charge is -2.11. The third-order valence-corrected chi connectivity index (χ3v) is 4.18. The van der Waals surface area contributed by atoms with Gasteiger partial charge < -0.3 is 20.5 Å². The minimum Gasteiger partial charge on any atom is -0.493 e. The first-order chi connectivity index (χ1) is 12.5. The molecular weight excluding hydrogens is 339 g/mol. The van der Waals surface area contributed by atoms with Gasteiger partial charge in [0.15, 0.2) is 18.1 Å². The van der Waals surface area contributed by atoms with Gasteiger partial charge in [0, 0.05) is 17.5 Å². The molecule has 1 aliphatic rings. The number of benzene rings is 2. The van der Waals surface area contributed by atoms with Crippen molar-refractivity contribution in [3.8, 4) is 11.5 Å². The molecule has 2 aromatic rings. The first kappa shape index (κ1) is 17.7. The van der Waals surface area contributed by atoms with Gasteiger partial charge in [-0.05, 0) is 42.3 Å². The van der Waals surface area contributed by atoms with E-state index in [2.05, 4.69) is 5.32 Å². The van der Waals surface area contributed by atoms with E-state index < -0.39 is 5.91 Å². The van der Waals surface area contributed by atoms with E-state index in [9.17, 15) is 14.0 Å². The molecule has 26 heavy (non-hydrogen) atoms. The third-order valence-electron chi connectivity index (χ3n) is 4.18. The van der Waals surface area contributed by atoms with E-state index in [4.69, 9.17) is 15.2 Å². The van der Waals surface area contributed by atoms with Gasteiger partial charge in [-0.1, -0.05) is 12.1 Å². The summed E-state index contributed by atoms with van der Waals surface area (Å²) in [5.74, 6) is -0.367. The van der Waals surface area contributed by atoms with E-state index in [-0.39, 0.29) is 30.3 Å². The van der Waals surface area contributed by atoms with Gasteiger partial charge in [-0.15, -0.1) is 0 Å². The number of hydrogen-bond donors (Lipinski definition) is 2. The van der Waals surface area contributed by atoms with Crippen molar-refractivity contribution in [2.45, 2.75) is 18.4 Å². The molecule has 0 aromatic heterocycles. The van der Waals surface area contributed by atoms with Crippen LogP contribution in [0.1, 0.15) is 28.3 Å². The molecule has 0 radical (unpaired) electrons. The van der Waals surface area contributed by atoms with Gasteiger partial charge in [0.1, 0.15) is 5.82 Å². The third kappa shape index (κ3) is 4.11. The second kappa shape index (κ2) is 7.43. The molecule has 0 unspecified atom stereocenters. The van der Waals surface area contributed by atoms with Crippen molar-refractivity contribution in [2.75, 3.05) is 13.7 Å². The van der Waals surface area contributed by atoms with Crippen LogP contribution in [0.5, 0.6) is 11.5 Å². The summed E-state index contributed by atoms with van der Waals surface area (Å²) >= 11 is 0. The van der Waals surface area contributed by atoms with E-state index in [1.54, 1.807) is 18.2 Å². The Kier molecular flexibility index (Phi) is 5.06. The van der Waals surface area contributed by atoms with Crippen LogP contribution in [0.3, 0.4) is 0 Å². The van der Waals surface area contributed by atoms with Crippen molar-refractivity contribution in [1.82, 2.24) is 5.32 Å². The number of nitrogens with two attached hydrogens (primary N) is 1. The van der Waals surface area contributed by atoms with Gasteiger partial charge in [-0.3, -0.25) is 9.59 Å². The van der Waals surface area contributed by atoms with Gasteiger partial charge in [0.25, 0.3) is 11.8 Å². The van der Waals surface area contributed by atoms with Gasteiger partial charge in [-0.2, -0.15) is 0 Å². The fraction of sp³-hybridized carbons (Fsp3) is 0.263. The highest BCUT2D eigenvalue weighted by atomic mass is 19.1. The smallest absolute Gasteiger partial charge is 0.255 e. The number of ether oxygens (including phenoxy) is 2. The van der Waals surface area contributed by atoms with Crippen LogP contribution in [0.15, 0.2) is 42.5 Å². The van der Waals surface area contributed by atoms with Crippen LogP contribution in [-0.2, 0) is 4.79 Å². The normalized spacial score (nSPS) is 18.1. The molecule has 1 aliphatic carbocycles. The van der Waals surface area contributed by atoms with Gasteiger partial charge >= 0.3 is 0 Å². The molecule has 1 saturated carbocycles. The van der Waals surface area contributed by atoms with E-state index in [0.717, 1.165) is 12.0 Å². The highest BCUT2D eigenvalue weighted by Crippen LogP contribution is 2.41. The summed E-state index contributed by atoms with van der Waals surface area (Å²) in [6, 6.07) is 11.0. The van der Waals surface area contributed by atoms with Crippen LogP contribution in [-0.4, -0.2) is 31.6 Å². The largest absolute Gasteiger partial charge is 0.493 e. The summed E-state index contributed by atoms with van der Waals surface area (Å²) in [6.07, 6.45) is 0.770. The molecular formula is C19H19FN2O4. The van der Waals surface area contributed by atoms with E-state index >= 15 is 0 Å². The molecule has 0 aliphatic heterocycles. The quantitative estimate of drug-likeness (QED) is 0.792. The Balaban J connectivity index is 1.64. The Labute approximate surface area is 150 Å². The number of primary amides is 1. The Bertz CT molecular complexity index is 840. The molecule has 3 rings (SSSR count). The molecule has 0 bridgehead atoms. The zero-order valence-corrected chi connectivity index (χ0v) is 14.2. The van der Waals surface area contributed by atoms with Crippen LogP contribution in [0.4, 0.5) is 4.39 Å². The second-order valence-electron chi connectivity index (χ2n) is 6.10. The predicted octanol–water partition coefficient (Wildman–Crippen LogP) is 1.98. The number of nitrogens with one attached hydrogen (secondary N) is 1. The Morgan fingerprint density at radius 1 is 1.23 bits per heavy atom. The number of halogens is 1. The zero-order chi connectivity index (χ0) is 18.7. The molecule has 1 fully saturated rings. The van der Waals surface area contributed by atoms with Crippen LogP contribution in [0.2, 0.25) is 0 Å². The zero-order valence-electron chi connectivity index (χ0n) is 14.2. The molecule has 3 N–H and O–H groups in total. The lowest BCUT2D eigenvalue weighted by atomic mass is 10.1. The van der Waals surface area contributed by atoms with E-state index in [1.807, 2.05) is 6.07 Å². The summed E-state index contributed by atoms with van der Waals surface area (Å²) in [5.41, 5.74) is 6.33. The van der Waals surface area contributed by atoms with E-state index in [0.29, 0.717) is 17.1 Å². The van der Waals surface area contributed by atoms with Crippen LogP contribution < -0.4 is 20.5 Å². The number of carbonyl (C=O) groups is 2. The number of methoxy groups -OCH3 is 1. The monoisotopic (exact) mass is 358 g/mol. The van der Waals surface area contributed by atoms with Crippen molar-refractivity contribution in [2.24, 2.45) is 5.73 Å². The van der Waals surface area contributed by atoms with Gasteiger partial charge in [-0.25, -0.2) is 4.39 Å². The average molecular weight is 358 g/mol. The molecule has 2 atom stereocenters. The molecule has 7 heteroatoms. The summed E-state index contributed by atoms with van der Waals surface area (Å²) in [7, 11) is 1.44. The summed E-state index contributed by atoms with van der Waals surface area (Å²) in [6.45, 7) is -0.278. The SMILES string of the molecule is COc1cc(C(=O)N[C@@H]2C[C@H]2c2cccc(F)c2)ccc1OCC(N)=O. The van der Waals surface area contributed by atoms with Crippen molar-refractivity contribution >= 4 is 11.8 Å². The van der Waals surface area contributed by atoms with E-state index in [1.165, 1.54) is 25.3 Å². The van der Waals surface area contributed by atoms with Crippen molar-refractivity contribution < 1.29 is 23.5 Å². The highest BCUT2D eigenvalue weighted by molar-refractivity contribution is 5.95. The first-order valence-corrected chi connectivity index (χ1v) is 8.13. The topological polar surface area (TPSA) is 90.7 Å². The second-order valence-corrected chi connectivity index (χ2v) is 6.10.